The third kappa shape index (κ3) is 4.46. The molecule has 0 saturated heterocycles. The fraction of sp³-hybridized carbons (Fsp3) is 0.130. The second-order valence-electron chi connectivity index (χ2n) is 7.16. The smallest absolute Gasteiger partial charge is 0.251 e. The van der Waals surface area contributed by atoms with E-state index in [2.05, 4.69) is 15.6 Å². The van der Waals surface area contributed by atoms with Gasteiger partial charge in [-0.05, 0) is 53.9 Å². The number of amides is 2. The largest absolute Gasteiger partial charge is 0.348 e. The first-order valence-corrected chi connectivity index (χ1v) is 9.90. The number of aromatic nitrogens is 1. The number of halogens is 2. The highest BCUT2D eigenvalue weighted by molar-refractivity contribution is 6.30. The normalized spacial score (nSPS) is 15.2. The first kappa shape index (κ1) is 20.7. The van der Waals surface area contributed by atoms with Crippen LogP contribution >= 0.6 is 11.6 Å². The molecule has 31 heavy (non-hydrogen) atoms. The highest BCUT2D eigenvalue weighted by atomic mass is 35.5. The molecule has 0 aliphatic carbocycles. The molecule has 2 N–H and O–H groups in total. The zero-order valence-electron chi connectivity index (χ0n) is 16.2. The molecule has 0 bridgehead atoms. The monoisotopic (exact) mass is 437 g/mol. The molecule has 1 atom stereocenters. The molecule has 0 spiro atoms. The quantitative estimate of drug-likeness (QED) is 0.594. The van der Waals surface area contributed by atoms with E-state index in [-0.39, 0.29) is 22.9 Å². The summed E-state index contributed by atoms with van der Waals surface area (Å²) in [5.74, 6) is -2.77. The van der Waals surface area contributed by atoms with Crippen LogP contribution in [0.15, 0.2) is 60.9 Å². The number of rotatable bonds is 5. The highest BCUT2D eigenvalue weighted by Crippen LogP contribution is 2.29. The molecule has 3 aromatic rings. The Kier molecular flexibility index (Phi) is 5.77. The van der Waals surface area contributed by atoms with Crippen LogP contribution in [0.3, 0.4) is 0 Å². The molecule has 156 valence electrons. The SMILES string of the molecule is O=C(NCc1cccnc1)c1ccc2c(c1)C(=O)C(Cc1ccc(F)c(Cl)c1)C(=O)N2. The molecule has 1 aliphatic heterocycles. The Morgan fingerprint density at radius 1 is 1.13 bits per heavy atom. The lowest BCUT2D eigenvalue weighted by molar-refractivity contribution is -0.118. The summed E-state index contributed by atoms with van der Waals surface area (Å²) in [7, 11) is 0. The summed E-state index contributed by atoms with van der Waals surface area (Å²) in [6, 6.07) is 12.2. The molecule has 1 aromatic heterocycles. The van der Waals surface area contributed by atoms with E-state index >= 15 is 0 Å². The summed E-state index contributed by atoms with van der Waals surface area (Å²) in [5, 5.41) is 5.41. The van der Waals surface area contributed by atoms with Crippen molar-refractivity contribution in [3.63, 3.8) is 0 Å². The van der Waals surface area contributed by atoms with E-state index in [0.29, 0.717) is 23.4 Å². The molecule has 6 nitrogen and oxygen atoms in total. The summed E-state index contributed by atoms with van der Waals surface area (Å²) in [6.07, 6.45) is 3.37. The molecule has 0 fully saturated rings. The molecule has 2 heterocycles. The number of nitrogens with zero attached hydrogens (tertiary/aromatic N) is 1. The number of carbonyl (C=O) groups excluding carboxylic acids is 3. The van der Waals surface area contributed by atoms with Gasteiger partial charge in [-0.15, -0.1) is 0 Å². The molecule has 1 unspecified atom stereocenters. The summed E-state index contributed by atoms with van der Waals surface area (Å²) >= 11 is 5.81. The number of benzene rings is 2. The summed E-state index contributed by atoms with van der Waals surface area (Å²) in [5.41, 5.74) is 2.32. The maximum atomic E-state index is 13.4. The average Bonchev–Trinajstić information content (AvgIpc) is 2.78. The van der Waals surface area contributed by atoms with Crippen LogP contribution in [0, 0.1) is 11.7 Å². The van der Waals surface area contributed by atoms with Gasteiger partial charge in [0.15, 0.2) is 5.78 Å². The van der Waals surface area contributed by atoms with Gasteiger partial charge >= 0.3 is 0 Å². The Labute approximate surface area is 182 Å². The van der Waals surface area contributed by atoms with Crippen molar-refractivity contribution in [2.75, 3.05) is 5.32 Å². The number of pyridine rings is 1. The number of anilines is 1. The molecule has 1 aliphatic rings. The van der Waals surface area contributed by atoms with Gasteiger partial charge in [0.05, 0.1) is 10.7 Å². The van der Waals surface area contributed by atoms with Gasteiger partial charge in [-0.3, -0.25) is 19.4 Å². The van der Waals surface area contributed by atoms with E-state index in [0.717, 1.165) is 5.56 Å². The van der Waals surface area contributed by atoms with Crippen LogP contribution in [0.4, 0.5) is 10.1 Å². The van der Waals surface area contributed by atoms with Gasteiger partial charge in [0.25, 0.3) is 5.91 Å². The van der Waals surface area contributed by atoms with Gasteiger partial charge in [-0.25, -0.2) is 4.39 Å². The van der Waals surface area contributed by atoms with Crippen molar-refractivity contribution in [1.29, 1.82) is 0 Å². The predicted molar refractivity (Wildman–Crippen MR) is 113 cm³/mol. The number of nitrogens with one attached hydrogen (secondary N) is 2. The van der Waals surface area contributed by atoms with Gasteiger partial charge in [-0.1, -0.05) is 23.7 Å². The maximum Gasteiger partial charge on any atom is 0.251 e. The number of carbonyl (C=O) groups is 3. The number of hydrogen-bond donors (Lipinski definition) is 2. The topological polar surface area (TPSA) is 88.2 Å². The van der Waals surface area contributed by atoms with Crippen molar-refractivity contribution in [1.82, 2.24) is 10.3 Å². The number of fused-ring (bicyclic) bond motifs is 1. The Hall–Kier alpha value is -3.58. The minimum atomic E-state index is -0.997. The Morgan fingerprint density at radius 2 is 1.97 bits per heavy atom. The molecular weight excluding hydrogens is 421 g/mol. The second-order valence-corrected chi connectivity index (χ2v) is 7.57. The van der Waals surface area contributed by atoms with Crippen LogP contribution < -0.4 is 10.6 Å². The zero-order chi connectivity index (χ0) is 22.0. The minimum Gasteiger partial charge on any atom is -0.348 e. The first-order valence-electron chi connectivity index (χ1n) is 9.52. The summed E-state index contributed by atoms with van der Waals surface area (Å²) < 4.78 is 13.4. The molecule has 2 aromatic carbocycles. The van der Waals surface area contributed by atoms with E-state index in [1.165, 1.54) is 30.3 Å². The molecule has 2 amide bonds. The Balaban J connectivity index is 1.53. The van der Waals surface area contributed by atoms with Crippen LogP contribution in [0.5, 0.6) is 0 Å². The predicted octanol–water partition coefficient (Wildman–Crippen LogP) is 3.80. The van der Waals surface area contributed by atoms with Crippen molar-refractivity contribution in [3.05, 3.63) is 94.0 Å². The van der Waals surface area contributed by atoms with Crippen molar-refractivity contribution in [2.45, 2.75) is 13.0 Å². The van der Waals surface area contributed by atoms with Gasteiger partial charge in [-0.2, -0.15) is 0 Å². The zero-order valence-corrected chi connectivity index (χ0v) is 16.9. The van der Waals surface area contributed by atoms with Crippen molar-refractivity contribution in [3.8, 4) is 0 Å². The fourth-order valence-electron chi connectivity index (χ4n) is 3.40. The van der Waals surface area contributed by atoms with Crippen molar-refractivity contribution in [2.24, 2.45) is 5.92 Å². The van der Waals surface area contributed by atoms with Crippen LogP contribution in [0.2, 0.25) is 5.02 Å². The van der Waals surface area contributed by atoms with E-state index in [4.69, 9.17) is 11.6 Å². The lowest BCUT2D eigenvalue weighted by Gasteiger charge is -2.24. The molecule has 0 radical (unpaired) electrons. The number of Topliss-reactive ketones (excluding diaryl/α,β-unsaturated/α-hetero) is 1. The maximum absolute atomic E-state index is 13.4. The van der Waals surface area contributed by atoms with Crippen LogP contribution in [0.25, 0.3) is 0 Å². The Bertz CT molecular complexity index is 1180. The highest BCUT2D eigenvalue weighted by Gasteiger charge is 2.34. The van der Waals surface area contributed by atoms with Crippen molar-refractivity contribution < 1.29 is 18.8 Å². The third-order valence-corrected chi connectivity index (χ3v) is 5.33. The van der Waals surface area contributed by atoms with Gasteiger partial charge < -0.3 is 10.6 Å². The van der Waals surface area contributed by atoms with E-state index < -0.39 is 23.4 Å². The lowest BCUT2D eigenvalue weighted by Crippen LogP contribution is -2.37. The van der Waals surface area contributed by atoms with Gasteiger partial charge in [0.1, 0.15) is 11.7 Å². The van der Waals surface area contributed by atoms with Crippen molar-refractivity contribution >= 4 is 34.9 Å². The van der Waals surface area contributed by atoms with E-state index in [1.54, 1.807) is 24.5 Å². The molecular formula is C23H17ClFN3O3. The minimum absolute atomic E-state index is 0.0710. The molecule has 4 rings (SSSR count). The fourth-order valence-corrected chi connectivity index (χ4v) is 3.60. The van der Waals surface area contributed by atoms with Crippen LogP contribution in [0.1, 0.15) is 31.8 Å². The van der Waals surface area contributed by atoms with E-state index in [9.17, 15) is 18.8 Å². The second kappa shape index (κ2) is 8.65. The summed E-state index contributed by atoms with van der Waals surface area (Å²) in [4.78, 5) is 42.0. The lowest BCUT2D eigenvalue weighted by atomic mass is 9.86. The summed E-state index contributed by atoms with van der Waals surface area (Å²) in [6.45, 7) is 0.294. The van der Waals surface area contributed by atoms with Crippen LogP contribution in [-0.4, -0.2) is 22.6 Å². The third-order valence-electron chi connectivity index (χ3n) is 5.04. The van der Waals surface area contributed by atoms with Crippen LogP contribution in [-0.2, 0) is 17.8 Å². The van der Waals surface area contributed by atoms with Gasteiger partial charge in [0.2, 0.25) is 5.91 Å². The van der Waals surface area contributed by atoms with Gasteiger partial charge in [0, 0.05) is 30.1 Å². The Morgan fingerprint density at radius 3 is 2.71 bits per heavy atom. The molecule has 8 heteroatoms. The first-order chi connectivity index (χ1) is 14.9. The average molecular weight is 438 g/mol. The number of hydrogen-bond acceptors (Lipinski definition) is 4. The van der Waals surface area contributed by atoms with E-state index in [1.807, 2.05) is 6.07 Å². The number of ketones is 1. The standard InChI is InChI=1S/C23H17ClFN3O3/c24-18-9-13(3-5-19(18)25)8-17-21(29)16-10-15(4-6-20(16)28-23(17)31)22(30)27-12-14-2-1-7-26-11-14/h1-7,9-11,17H,8,12H2,(H,27,30)(H,28,31). The molecule has 0 saturated carbocycles.